The van der Waals surface area contributed by atoms with Crippen molar-refractivity contribution in [1.82, 2.24) is 9.88 Å². The Morgan fingerprint density at radius 2 is 2.00 bits per heavy atom. The van der Waals surface area contributed by atoms with E-state index < -0.39 is 12.6 Å². The van der Waals surface area contributed by atoms with Gasteiger partial charge in [0.05, 0.1) is 10.2 Å². The fourth-order valence-electron chi connectivity index (χ4n) is 2.26. The number of rotatable bonds is 5. The van der Waals surface area contributed by atoms with Gasteiger partial charge in [0.1, 0.15) is 11.6 Å². The van der Waals surface area contributed by atoms with Crippen molar-refractivity contribution in [1.29, 1.82) is 0 Å². The number of carbonyl (C=O) groups is 1. The van der Waals surface area contributed by atoms with Crippen LogP contribution in [0, 0.1) is 5.82 Å². The van der Waals surface area contributed by atoms with Crippen molar-refractivity contribution in [3.8, 4) is 5.75 Å². The molecule has 2 amide bonds. The van der Waals surface area contributed by atoms with E-state index in [4.69, 9.17) is 0 Å². The Balaban J connectivity index is 1.61. The molecule has 26 heavy (non-hydrogen) atoms. The van der Waals surface area contributed by atoms with Gasteiger partial charge >= 0.3 is 12.6 Å². The molecule has 1 aromatic heterocycles. The smallest absolute Gasteiger partial charge is 0.387 e. The highest BCUT2D eigenvalue weighted by molar-refractivity contribution is 7.22. The van der Waals surface area contributed by atoms with Crippen LogP contribution in [0.4, 0.5) is 23.1 Å². The van der Waals surface area contributed by atoms with Gasteiger partial charge in [0.15, 0.2) is 5.13 Å². The Morgan fingerprint density at radius 1 is 1.27 bits per heavy atom. The predicted molar refractivity (Wildman–Crippen MR) is 93.1 cm³/mol. The minimum atomic E-state index is -2.88. The van der Waals surface area contributed by atoms with Crippen molar-refractivity contribution < 1.29 is 22.7 Å². The van der Waals surface area contributed by atoms with E-state index in [2.05, 4.69) is 15.0 Å². The third-order valence-corrected chi connectivity index (χ3v) is 4.41. The number of hydrogen-bond acceptors (Lipinski definition) is 4. The second-order valence-corrected chi connectivity index (χ2v) is 6.47. The molecule has 0 radical (unpaired) electrons. The molecule has 0 bridgehead atoms. The van der Waals surface area contributed by atoms with Crippen LogP contribution in [-0.2, 0) is 6.54 Å². The van der Waals surface area contributed by atoms with Gasteiger partial charge in [0.25, 0.3) is 0 Å². The molecular formula is C17H14F3N3O2S. The van der Waals surface area contributed by atoms with Crippen LogP contribution in [0.5, 0.6) is 5.75 Å². The molecule has 0 atom stereocenters. The molecule has 0 saturated carbocycles. The summed E-state index contributed by atoms with van der Waals surface area (Å²) in [4.78, 5) is 17.9. The summed E-state index contributed by atoms with van der Waals surface area (Å²) < 4.78 is 42.4. The number of benzene rings is 2. The first kappa shape index (κ1) is 18.0. The second kappa shape index (κ2) is 7.61. The van der Waals surface area contributed by atoms with E-state index in [-0.39, 0.29) is 18.1 Å². The summed E-state index contributed by atoms with van der Waals surface area (Å²) in [6.45, 7) is -2.61. The molecular weight excluding hydrogens is 367 g/mol. The van der Waals surface area contributed by atoms with E-state index in [0.29, 0.717) is 15.3 Å². The molecule has 0 spiro atoms. The van der Waals surface area contributed by atoms with Gasteiger partial charge in [0, 0.05) is 13.6 Å². The number of amides is 2. The van der Waals surface area contributed by atoms with Crippen molar-refractivity contribution in [3.63, 3.8) is 0 Å². The first-order valence-electron chi connectivity index (χ1n) is 7.52. The third-order valence-electron chi connectivity index (χ3n) is 3.48. The summed E-state index contributed by atoms with van der Waals surface area (Å²) >= 11 is 1.17. The van der Waals surface area contributed by atoms with Gasteiger partial charge in [-0.05, 0) is 35.9 Å². The zero-order valence-electron chi connectivity index (χ0n) is 13.6. The molecule has 9 heteroatoms. The van der Waals surface area contributed by atoms with Gasteiger partial charge in [0.2, 0.25) is 0 Å². The van der Waals surface area contributed by atoms with Gasteiger partial charge in [-0.3, -0.25) is 5.32 Å². The lowest BCUT2D eigenvalue weighted by Crippen LogP contribution is -2.30. The Hall–Kier alpha value is -2.81. The first-order chi connectivity index (χ1) is 12.4. The topological polar surface area (TPSA) is 54.5 Å². The standard InChI is InChI=1S/C17H14F3N3O2S/c1-23(9-10-2-5-12(6-3-10)25-15(19)20)17(24)22-16-21-13-7-4-11(18)8-14(13)26-16/h2-8,15H,9H2,1H3,(H,21,22,24). The zero-order chi connectivity index (χ0) is 18.7. The second-order valence-electron chi connectivity index (χ2n) is 5.44. The quantitative estimate of drug-likeness (QED) is 0.697. The van der Waals surface area contributed by atoms with E-state index in [9.17, 15) is 18.0 Å². The Labute approximate surface area is 151 Å². The maximum Gasteiger partial charge on any atom is 0.387 e. The van der Waals surface area contributed by atoms with Crippen LogP contribution in [0.25, 0.3) is 10.2 Å². The van der Waals surface area contributed by atoms with Crippen molar-refractivity contribution in [2.75, 3.05) is 12.4 Å². The van der Waals surface area contributed by atoms with Crippen LogP contribution < -0.4 is 10.1 Å². The van der Waals surface area contributed by atoms with Crippen LogP contribution in [0.1, 0.15) is 5.56 Å². The lowest BCUT2D eigenvalue weighted by Gasteiger charge is -2.17. The average molecular weight is 381 g/mol. The summed E-state index contributed by atoms with van der Waals surface area (Å²) in [5.41, 5.74) is 1.35. The number of nitrogens with one attached hydrogen (secondary N) is 1. The van der Waals surface area contributed by atoms with E-state index in [0.717, 1.165) is 5.56 Å². The summed E-state index contributed by atoms with van der Waals surface area (Å²) in [7, 11) is 1.59. The SMILES string of the molecule is CN(Cc1ccc(OC(F)F)cc1)C(=O)Nc1nc2ccc(F)cc2s1. The maximum absolute atomic E-state index is 13.2. The third kappa shape index (κ3) is 4.42. The molecule has 0 fully saturated rings. The number of nitrogens with zero attached hydrogens (tertiary/aromatic N) is 2. The van der Waals surface area contributed by atoms with E-state index in [1.54, 1.807) is 25.2 Å². The molecule has 1 heterocycles. The molecule has 1 N–H and O–H groups in total. The van der Waals surface area contributed by atoms with Crippen LogP contribution in [0.2, 0.25) is 0 Å². The lowest BCUT2D eigenvalue weighted by atomic mass is 10.2. The summed E-state index contributed by atoms with van der Waals surface area (Å²) in [5, 5.41) is 3.02. The number of ether oxygens (including phenoxy) is 1. The number of fused-ring (bicyclic) bond motifs is 1. The molecule has 0 aliphatic carbocycles. The van der Waals surface area contributed by atoms with Gasteiger partial charge in [-0.15, -0.1) is 0 Å². The van der Waals surface area contributed by atoms with Crippen LogP contribution in [0.15, 0.2) is 42.5 Å². The summed E-state index contributed by atoms with van der Waals surface area (Å²) in [6.07, 6.45) is 0. The highest BCUT2D eigenvalue weighted by Crippen LogP contribution is 2.26. The highest BCUT2D eigenvalue weighted by atomic mass is 32.1. The van der Waals surface area contributed by atoms with Crippen LogP contribution in [0.3, 0.4) is 0 Å². The Bertz CT molecular complexity index is 915. The normalized spacial score (nSPS) is 11.0. The number of alkyl halides is 2. The van der Waals surface area contributed by atoms with Crippen LogP contribution in [-0.4, -0.2) is 29.6 Å². The van der Waals surface area contributed by atoms with Gasteiger partial charge < -0.3 is 9.64 Å². The summed E-state index contributed by atoms with van der Waals surface area (Å²) in [5.74, 6) is -0.312. The number of carbonyl (C=O) groups excluding carboxylic acids is 1. The molecule has 136 valence electrons. The zero-order valence-corrected chi connectivity index (χ0v) is 14.4. The molecule has 3 rings (SSSR count). The fourth-order valence-corrected chi connectivity index (χ4v) is 3.14. The van der Waals surface area contributed by atoms with E-state index in [1.165, 1.54) is 40.5 Å². The number of aromatic nitrogens is 1. The van der Waals surface area contributed by atoms with Crippen LogP contribution >= 0.6 is 11.3 Å². The van der Waals surface area contributed by atoms with Crippen molar-refractivity contribution in [2.24, 2.45) is 0 Å². The number of urea groups is 1. The lowest BCUT2D eigenvalue weighted by molar-refractivity contribution is -0.0498. The highest BCUT2D eigenvalue weighted by Gasteiger charge is 2.13. The van der Waals surface area contributed by atoms with Crippen molar-refractivity contribution in [3.05, 3.63) is 53.8 Å². The minimum absolute atomic E-state index is 0.0533. The summed E-state index contributed by atoms with van der Waals surface area (Å²) in [6, 6.07) is 9.84. The monoisotopic (exact) mass is 381 g/mol. The molecule has 0 saturated heterocycles. The first-order valence-corrected chi connectivity index (χ1v) is 8.34. The molecule has 2 aromatic carbocycles. The molecule has 0 aliphatic heterocycles. The molecule has 0 aliphatic rings. The predicted octanol–water partition coefficient (Wildman–Crippen LogP) is 4.70. The number of anilines is 1. The number of halogens is 3. The van der Waals surface area contributed by atoms with E-state index >= 15 is 0 Å². The molecule has 5 nitrogen and oxygen atoms in total. The fraction of sp³-hybridized carbons (Fsp3) is 0.176. The largest absolute Gasteiger partial charge is 0.435 e. The molecule has 0 unspecified atom stereocenters. The minimum Gasteiger partial charge on any atom is -0.435 e. The van der Waals surface area contributed by atoms with Gasteiger partial charge in [-0.2, -0.15) is 8.78 Å². The average Bonchev–Trinajstić information content (AvgIpc) is 2.97. The maximum atomic E-state index is 13.2. The number of hydrogen-bond donors (Lipinski definition) is 1. The Kier molecular flexibility index (Phi) is 5.27. The number of thiazole rings is 1. The van der Waals surface area contributed by atoms with Crippen molar-refractivity contribution in [2.45, 2.75) is 13.2 Å². The van der Waals surface area contributed by atoms with Gasteiger partial charge in [-0.25, -0.2) is 14.2 Å². The van der Waals surface area contributed by atoms with E-state index in [1.807, 2.05) is 0 Å². The van der Waals surface area contributed by atoms with Crippen molar-refractivity contribution >= 4 is 32.7 Å². The Morgan fingerprint density at radius 3 is 2.69 bits per heavy atom. The van der Waals surface area contributed by atoms with Gasteiger partial charge in [-0.1, -0.05) is 23.5 Å². The molecule has 3 aromatic rings.